The van der Waals surface area contributed by atoms with Gasteiger partial charge < -0.3 is 5.21 Å². The molecule has 0 bridgehead atoms. The largest absolute Gasteiger partial charge is 0.313 e. The van der Waals surface area contributed by atoms with Crippen LogP contribution >= 0.6 is 0 Å². The lowest BCUT2D eigenvalue weighted by Gasteiger charge is -2.51. The highest BCUT2D eigenvalue weighted by atomic mass is 19.1. The van der Waals surface area contributed by atoms with Gasteiger partial charge >= 0.3 is 0 Å². The minimum atomic E-state index is -0.340. The van der Waals surface area contributed by atoms with E-state index >= 15 is 0 Å². The zero-order valence-electron chi connectivity index (χ0n) is 14.9. The molecule has 1 aliphatic rings. The van der Waals surface area contributed by atoms with Gasteiger partial charge in [0.25, 0.3) is 0 Å². The summed E-state index contributed by atoms with van der Waals surface area (Å²) in [4.78, 5) is 3.17. The van der Waals surface area contributed by atoms with Gasteiger partial charge in [-0.15, -0.1) is 4.95 Å². The molecule has 1 saturated heterocycles. The van der Waals surface area contributed by atoms with Crippen LogP contribution in [0.15, 0.2) is 29.4 Å². The minimum Gasteiger partial charge on any atom is -0.313 e. The van der Waals surface area contributed by atoms with Gasteiger partial charge in [-0.2, -0.15) is 11.6 Å². The van der Waals surface area contributed by atoms with Crippen molar-refractivity contribution in [1.29, 1.82) is 0 Å². The Bertz CT molecular complexity index is 643. The molecule has 5 heteroatoms. The quantitative estimate of drug-likeness (QED) is 0.494. The van der Waals surface area contributed by atoms with Crippen LogP contribution in [0.5, 0.6) is 0 Å². The van der Waals surface area contributed by atoms with E-state index in [0.29, 0.717) is 30.0 Å². The maximum Gasteiger partial charge on any atom is 0.126 e. The lowest BCUT2D eigenvalue weighted by molar-refractivity contribution is -0.250. The number of benzene rings is 1. The van der Waals surface area contributed by atoms with Crippen LogP contribution < -0.4 is 0 Å². The van der Waals surface area contributed by atoms with Crippen molar-refractivity contribution in [2.24, 2.45) is 11.0 Å². The summed E-state index contributed by atoms with van der Waals surface area (Å²) in [5, 5.41) is 15.8. The standard InChI is InChI=1S/C19H26FN3O/c1-18(2)12-14(13-19(3,4)23(18)24)10-16(22-21-5)11-15-8-6-7-9-17(15)20/h6-9,14,24H,10-13H2,1-4H3/b22-16-. The summed E-state index contributed by atoms with van der Waals surface area (Å²) in [6.45, 7) is 15.1. The van der Waals surface area contributed by atoms with Crippen LogP contribution in [-0.4, -0.2) is 27.1 Å². The van der Waals surface area contributed by atoms with Gasteiger partial charge in [-0.3, -0.25) is 0 Å². The van der Waals surface area contributed by atoms with Gasteiger partial charge in [-0.25, -0.2) is 4.39 Å². The van der Waals surface area contributed by atoms with Crippen molar-refractivity contribution in [3.63, 3.8) is 0 Å². The van der Waals surface area contributed by atoms with E-state index in [-0.39, 0.29) is 16.9 Å². The summed E-state index contributed by atoms with van der Waals surface area (Å²) in [5.41, 5.74) is 0.595. The molecule has 2 rings (SSSR count). The Morgan fingerprint density at radius 3 is 2.42 bits per heavy atom. The third-order valence-electron chi connectivity index (χ3n) is 4.79. The van der Waals surface area contributed by atoms with Crippen molar-refractivity contribution in [1.82, 2.24) is 5.06 Å². The number of piperidine rings is 1. The highest BCUT2D eigenvalue weighted by Crippen LogP contribution is 2.41. The van der Waals surface area contributed by atoms with Crippen LogP contribution in [0.3, 0.4) is 0 Å². The van der Waals surface area contributed by atoms with Crippen molar-refractivity contribution in [2.45, 2.75) is 64.5 Å². The van der Waals surface area contributed by atoms with E-state index in [4.69, 9.17) is 6.57 Å². The maximum absolute atomic E-state index is 13.9. The molecule has 0 spiro atoms. The molecule has 0 radical (unpaired) electrons. The zero-order chi connectivity index (χ0) is 18.0. The van der Waals surface area contributed by atoms with Gasteiger partial charge in [0.2, 0.25) is 0 Å². The Labute approximate surface area is 143 Å². The molecule has 1 N–H and O–H groups in total. The third kappa shape index (κ3) is 4.19. The van der Waals surface area contributed by atoms with Gasteiger partial charge in [0.1, 0.15) is 11.5 Å². The minimum absolute atomic E-state index is 0.263. The Balaban J connectivity index is 2.16. The van der Waals surface area contributed by atoms with E-state index in [1.165, 1.54) is 11.1 Å². The molecule has 1 aromatic carbocycles. The number of hydroxylamine groups is 2. The summed E-state index contributed by atoms with van der Waals surface area (Å²) >= 11 is 0. The van der Waals surface area contributed by atoms with Crippen LogP contribution in [-0.2, 0) is 6.42 Å². The van der Waals surface area contributed by atoms with E-state index in [1.807, 2.05) is 27.7 Å². The molecule has 1 fully saturated rings. The molecule has 0 unspecified atom stereocenters. The van der Waals surface area contributed by atoms with Gasteiger partial charge in [0, 0.05) is 17.5 Å². The number of hydrogen-bond acceptors (Lipinski definition) is 3. The van der Waals surface area contributed by atoms with E-state index in [0.717, 1.165) is 12.8 Å². The van der Waals surface area contributed by atoms with Crippen LogP contribution in [0.1, 0.15) is 52.5 Å². The SMILES string of the molecule is [C-]#[N+]/N=C(\Cc1ccccc1F)CC1CC(C)(C)N(O)C(C)(C)C1. The number of halogens is 1. The fraction of sp³-hybridized carbons (Fsp3) is 0.579. The summed E-state index contributed by atoms with van der Waals surface area (Å²) in [6, 6.07) is 6.62. The Morgan fingerprint density at radius 2 is 1.88 bits per heavy atom. The number of rotatable bonds is 4. The fourth-order valence-corrected chi connectivity index (χ4v) is 4.04. The Morgan fingerprint density at radius 1 is 1.29 bits per heavy atom. The monoisotopic (exact) mass is 331 g/mol. The van der Waals surface area contributed by atoms with Crippen molar-refractivity contribution in [3.8, 4) is 0 Å². The molecule has 4 nitrogen and oxygen atoms in total. The first-order chi connectivity index (χ1) is 11.2. The van der Waals surface area contributed by atoms with E-state index in [1.54, 1.807) is 18.2 Å². The predicted octanol–water partition coefficient (Wildman–Crippen LogP) is 4.69. The molecule has 0 aromatic heterocycles. The summed E-state index contributed by atoms with van der Waals surface area (Å²) in [6.07, 6.45) is 2.62. The third-order valence-corrected chi connectivity index (χ3v) is 4.79. The lowest BCUT2D eigenvalue weighted by atomic mass is 9.73. The van der Waals surface area contributed by atoms with Gasteiger partial charge in [0.05, 0.1) is 5.10 Å². The number of hydrogen-bond donors (Lipinski definition) is 1. The number of nitrogens with zero attached hydrogens (tertiary/aromatic N) is 3. The molecule has 24 heavy (non-hydrogen) atoms. The summed E-state index contributed by atoms with van der Waals surface area (Å²) < 4.78 is 13.9. The second-order valence-electron chi connectivity index (χ2n) is 7.95. The van der Waals surface area contributed by atoms with Crippen molar-refractivity contribution in [3.05, 3.63) is 47.2 Å². The van der Waals surface area contributed by atoms with Gasteiger partial charge in [-0.05, 0) is 64.5 Å². The second kappa shape index (κ2) is 7.00. The molecule has 0 amide bonds. The van der Waals surface area contributed by atoms with Crippen molar-refractivity contribution < 1.29 is 9.60 Å². The van der Waals surface area contributed by atoms with Crippen LogP contribution in [0.4, 0.5) is 4.39 Å². The highest BCUT2D eigenvalue weighted by Gasteiger charge is 2.45. The molecular weight excluding hydrogens is 305 g/mol. The van der Waals surface area contributed by atoms with E-state index in [9.17, 15) is 9.60 Å². The summed E-state index contributed by atoms with van der Waals surface area (Å²) in [7, 11) is 0. The molecule has 0 aliphatic carbocycles. The Hall–Kier alpha value is -1.77. The fourth-order valence-electron chi connectivity index (χ4n) is 4.04. The molecule has 1 aliphatic heterocycles. The van der Waals surface area contributed by atoms with Gasteiger partial charge in [0.15, 0.2) is 0 Å². The smallest absolute Gasteiger partial charge is 0.126 e. The van der Waals surface area contributed by atoms with Crippen LogP contribution in [0.25, 0.3) is 4.95 Å². The van der Waals surface area contributed by atoms with Crippen LogP contribution in [0.2, 0.25) is 0 Å². The van der Waals surface area contributed by atoms with Crippen molar-refractivity contribution in [2.75, 3.05) is 0 Å². The van der Waals surface area contributed by atoms with Crippen LogP contribution in [0, 0.1) is 18.3 Å². The average molecular weight is 331 g/mol. The lowest BCUT2D eigenvalue weighted by Crippen LogP contribution is -2.59. The molecular formula is C19H26FN3O. The molecule has 1 aromatic rings. The zero-order valence-corrected chi connectivity index (χ0v) is 14.9. The van der Waals surface area contributed by atoms with E-state index in [2.05, 4.69) is 10.1 Å². The molecule has 1 heterocycles. The normalized spacial score (nSPS) is 21.5. The highest BCUT2D eigenvalue weighted by molar-refractivity contribution is 5.87. The van der Waals surface area contributed by atoms with E-state index < -0.39 is 0 Å². The first-order valence-corrected chi connectivity index (χ1v) is 8.30. The first kappa shape index (κ1) is 18.6. The maximum atomic E-state index is 13.9. The second-order valence-corrected chi connectivity index (χ2v) is 7.95. The summed E-state index contributed by atoms with van der Waals surface area (Å²) in [5.74, 6) is 0.0340. The molecule has 0 atom stereocenters. The topological polar surface area (TPSA) is 40.2 Å². The molecule has 130 valence electrons. The first-order valence-electron chi connectivity index (χ1n) is 8.30. The Kier molecular flexibility index (Phi) is 5.42. The van der Waals surface area contributed by atoms with Crippen molar-refractivity contribution >= 4 is 5.71 Å². The molecule has 0 saturated carbocycles. The predicted molar refractivity (Wildman–Crippen MR) is 93.3 cm³/mol. The average Bonchev–Trinajstić information content (AvgIpc) is 2.47. The van der Waals surface area contributed by atoms with Gasteiger partial charge in [-0.1, -0.05) is 18.2 Å².